The summed E-state index contributed by atoms with van der Waals surface area (Å²) in [6, 6.07) is 0.435. The van der Waals surface area contributed by atoms with Gasteiger partial charge in [-0.05, 0) is 31.8 Å². The van der Waals surface area contributed by atoms with Crippen molar-refractivity contribution >= 4 is 23.2 Å². The fourth-order valence-electron chi connectivity index (χ4n) is 2.79. The van der Waals surface area contributed by atoms with E-state index >= 15 is 0 Å². The number of hydrogen-bond donors (Lipinski definition) is 2. The molecule has 5 nitrogen and oxygen atoms in total. The van der Waals surface area contributed by atoms with E-state index in [2.05, 4.69) is 20.2 Å². The summed E-state index contributed by atoms with van der Waals surface area (Å²) in [5, 5.41) is 3.85. The molecule has 3 saturated heterocycles. The molecule has 6 heteroatoms. The number of fused-ring (bicyclic) bond motifs is 3. The molecule has 17 heavy (non-hydrogen) atoms. The van der Waals surface area contributed by atoms with E-state index in [1.807, 2.05) is 0 Å². The maximum Gasteiger partial charge on any atom is 0.150 e. The maximum absolute atomic E-state index is 6.09. The number of aromatic nitrogens is 2. The fraction of sp³-hybridized carbons (Fsp3) is 0.636. The van der Waals surface area contributed by atoms with Crippen LogP contribution in [-0.2, 0) is 0 Å². The largest absolute Gasteiger partial charge is 0.382 e. The number of halogens is 1. The van der Waals surface area contributed by atoms with Crippen molar-refractivity contribution in [3.8, 4) is 0 Å². The second-order valence-electron chi connectivity index (χ2n) is 4.81. The van der Waals surface area contributed by atoms with Crippen LogP contribution in [0.5, 0.6) is 0 Å². The molecule has 3 aliphatic heterocycles. The van der Waals surface area contributed by atoms with Crippen molar-refractivity contribution in [3.05, 3.63) is 11.3 Å². The average Bonchev–Trinajstić information content (AvgIpc) is 2.36. The number of nitrogens with zero attached hydrogens (tertiary/aromatic N) is 3. The van der Waals surface area contributed by atoms with Gasteiger partial charge in [0.15, 0.2) is 5.82 Å². The normalized spacial score (nSPS) is 31.5. The second-order valence-corrected chi connectivity index (χ2v) is 5.19. The maximum atomic E-state index is 6.09. The first-order valence-electron chi connectivity index (χ1n) is 5.99. The molecule has 4 rings (SSSR count). The lowest BCUT2D eigenvalue weighted by molar-refractivity contribution is 0.0974. The highest BCUT2D eigenvalue weighted by Gasteiger charge is 2.34. The van der Waals surface area contributed by atoms with E-state index in [9.17, 15) is 0 Å². The molecule has 3 fully saturated rings. The molecule has 4 heterocycles. The van der Waals surface area contributed by atoms with Crippen LogP contribution >= 0.6 is 11.6 Å². The number of anilines is 2. The highest BCUT2D eigenvalue weighted by Crippen LogP contribution is 2.31. The van der Waals surface area contributed by atoms with Gasteiger partial charge in [-0.3, -0.25) is 0 Å². The van der Waals surface area contributed by atoms with E-state index in [0.29, 0.717) is 22.7 Å². The molecule has 0 saturated carbocycles. The van der Waals surface area contributed by atoms with Crippen molar-refractivity contribution in [1.82, 2.24) is 14.9 Å². The van der Waals surface area contributed by atoms with E-state index in [4.69, 9.17) is 17.3 Å². The van der Waals surface area contributed by atoms with Crippen LogP contribution in [0.3, 0.4) is 0 Å². The molecule has 1 aromatic heterocycles. The molecule has 92 valence electrons. The Morgan fingerprint density at radius 2 is 2.12 bits per heavy atom. The van der Waals surface area contributed by atoms with E-state index in [1.165, 1.54) is 32.3 Å². The molecule has 3 aliphatic rings. The lowest BCUT2D eigenvalue weighted by Gasteiger charge is -2.45. The Labute approximate surface area is 105 Å². The zero-order valence-electron chi connectivity index (χ0n) is 9.56. The van der Waals surface area contributed by atoms with E-state index in [1.54, 1.807) is 0 Å². The number of nitrogens with one attached hydrogen (secondary N) is 1. The van der Waals surface area contributed by atoms with E-state index in [0.717, 1.165) is 12.5 Å². The summed E-state index contributed by atoms with van der Waals surface area (Å²) in [4.78, 5) is 10.5. The van der Waals surface area contributed by atoms with Crippen LogP contribution in [0.1, 0.15) is 12.8 Å². The van der Waals surface area contributed by atoms with Gasteiger partial charge < -0.3 is 16.0 Å². The summed E-state index contributed by atoms with van der Waals surface area (Å²) < 4.78 is 0. The second kappa shape index (κ2) is 4.31. The van der Waals surface area contributed by atoms with Crippen LogP contribution in [-0.4, -0.2) is 40.5 Å². The summed E-state index contributed by atoms with van der Waals surface area (Å²) in [6.45, 7) is 3.52. The predicted molar refractivity (Wildman–Crippen MR) is 68.0 cm³/mol. The molecular formula is C11H16ClN5. The summed E-state index contributed by atoms with van der Waals surface area (Å²) in [7, 11) is 0. The van der Waals surface area contributed by atoms with Gasteiger partial charge in [-0.1, -0.05) is 11.6 Å². The predicted octanol–water partition coefficient (Wildman–Crippen LogP) is 1.22. The Bertz CT molecular complexity index is 416. The van der Waals surface area contributed by atoms with E-state index in [-0.39, 0.29) is 0 Å². The molecule has 2 bridgehead atoms. The molecular weight excluding hydrogens is 238 g/mol. The highest BCUT2D eigenvalue weighted by molar-refractivity contribution is 6.35. The first-order valence-corrected chi connectivity index (χ1v) is 6.36. The van der Waals surface area contributed by atoms with Crippen molar-refractivity contribution in [2.75, 3.05) is 30.7 Å². The molecule has 0 amide bonds. The third-order valence-electron chi connectivity index (χ3n) is 3.79. The van der Waals surface area contributed by atoms with Crippen molar-refractivity contribution < 1.29 is 0 Å². The van der Waals surface area contributed by atoms with Crippen LogP contribution in [0.25, 0.3) is 0 Å². The van der Waals surface area contributed by atoms with Gasteiger partial charge in [-0.25, -0.2) is 9.97 Å². The number of hydrogen-bond acceptors (Lipinski definition) is 5. The molecule has 0 aliphatic carbocycles. The number of piperidine rings is 3. The lowest BCUT2D eigenvalue weighted by Crippen LogP contribution is -2.53. The van der Waals surface area contributed by atoms with Gasteiger partial charge in [-0.15, -0.1) is 0 Å². The Hall–Kier alpha value is -1.07. The minimum absolute atomic E-state index is 0.338. The van der Waals surface area contributed by atoms with Gasteiger partial charge in [0, 0.05) is 12.6 Å². The van der Waals surface area contributed by atoms with Crippen molar-refractivity contribution in [3.63, 3.8) is 0 Å². The lowest BCUT2D eigenvalue weighted by atomic mass is 9.84. The van der Waals surface area contributed by atoms with Crippen molar-refractivity contribution in [1.29, 1.82) is 0 Å². The fourth-order valence-corrected chi connectivity index (χ4v) is 2.94. The van der Waals surface area contributed by atoms with Crippen LogP contribution in [0.2, 0.25) is 5.02 Å². The SMILES string of the molecule is Nc1ncnc(NC2CN3CCC2CC3)c1Cl. The number of nitrogen functional groups attached to an aromatic ring is 1. The zero-order valence-corrected chi connectivity index (χ0v) is 10.3. The highest BCUT2D eigenvalue weighted by atomic mass is 35.5. The Kier molecular flexibility index (Phi) is 2.80. The van der Waals surface area contributed by atoms with Crippen LogP contribution < -0.4 is 11.1 Å². The first-order chi connectivity index (χ1) is 8.24. The van der Waals surface area contributed by atoms with Crippen molar-refractivity contribution in [2.45, 2.75) is 18.9 Å². The van der Waals surface area contributed by atoms with Crippen LogP contribution in [0, 0.1) is 5.92 Å². The third-order valence-corrected chi connectivity index (χ3v) is 4.17. The quantitative estimate of drug-likeness (QED) is 0.830. The summed E-state index contributed by atoms with van der Waals surface area (Å²) in [5.41, 5.74) is 5.67. The Balaban J connectivity index is 1.76. The molecule has 3 N–H and O–H groups in total. The monoisotopic (exact) mass is 253 g/mol. The van der Waals surface area contributed by atoms with Gasteiger partial charge in [0.2, 0.25) is 0 Å². The minimum Gasteiger partial charge on any atom is -0.382 e. The average molecular weight is 254 g/mol. The molecule has 0 aromatic carbocycles. The molecule has 0 spiro atoms. The van der Waals surface area contributed by atoms with Gasteiger partial charge in [-0.2, -0.15) is 0 Å². The van der Waals surface area contributed by atoms with Crippen LogP contribution in [0.15, 0.2) is 6.33 Å². The number of nitrogens with two attached hydrogens (primary N) is 1. The minimum atomic E-state index is 0.338. The smallest absolute Gasteiger partial charge is 0.150 e. The Morgan fingerprint density at radius 3 is 2.76 bits per heavy atom. The molecule has 1 aromatic rings. The molecule has 0 radical (unpaired) electrons. The zero-order chi connectivity index (χ0) is 11.8. The third kappa shape index (κ3) is 2.05. The Morgan fingerprint density at radius 1 is 1.35 bits per heavy atom. The molecule has 1 atom stereocenters. The van der Waals surface area contributed by atoms with Crippen LogP contribution in [0.4, 0.5) is 11.6 Å². The topological polar surface area (TPSA) is 67.1 Å². The summed E-state index contributed by atoms with van der Waals surface area (Å²) in [6.07, 6.45) is 3.97. The standard InChI is InChI=1S/C11H16ClN5/c12-9-10(13)14-6-15-11(9)16-8-5-17-3-1-7(8)2-4-17/h6-8H,1-5H2,(H3,13,14,15,16). The first kappa shape index (κ1) is 11.0. The summed E-state index contributed by atoms with van der Waals surface area (Å²) in [5.74, 6) is 1.73. The molecule has 1 unspecified atom stereocenters. The van der Waals surface area contributed by atoms with Gasteiger partial charge in [0.25, 0.3) is 0 Å². The van der Waals surface area contributed by atoms with Crippen molar-refractivity contribution in [2.24, 2.45) is 5.92 Å². The van der Waals surface area contributed by atoms with E-state index < -0.39 is 0 Å². The van der Waals surface area contributed by atoms with Gasteiger partial charge >= 0.3 is 0 Å². The number of rotatable bonds is 2. The van der Waals surface area contributed by atoms with Gasteiger partial charge in [0.05, 0.1) is 0 Å². The summed E-state index contributed by atoms with van der Waals surface area (Å²) >= 11 is 6.09. The van der Waals surface area contributed by atoms with Gasteiger partial charge in [0.1, 0.15) is 17.2 Å².